The summed E-state index contributed by atoms with van der Waals surface area (Å²) in [5.74, 6) is 0. The fourth-order valence-corrected chi connectivity index (χ4v) is 2.78. The van der Waals surface area contributed by atoms with Crippen LogP contribution in [0.1, 0.15) is 39.4 Å². The number of hydrogen-bond acceptors (Lipinski definition) is 2. The lowest BCUT2D eigenvalue weighted by atomic mass is 10.1. The molecule has 1 nitrogen and oxygen atoms in total. The molecule has 0 amide bonds. The van der Waals surface area contributed by atoms with Gasteiger partial charge in [0.05, 0.1) is 6.10 Å². The maximum atomic E-state index is 9.44. The van der Waals surface area contributed by atoms with E-state index in [1.165, 1.54) is 4.90 Å². The third-order valence-electron chi connectivity index (χ3n) is 1.85. The Morgan fingerprint density at radius 1 is 1.33 bits per heavy atom. The first kappa shape index (κ1) is 13.1. The molecule has 0 fully saturated rings. The minimum absolute atomic E-state index is 0.203. The van der Waals surface area contributed by atoms with E-state index in [9.17, 15) is 5.11 Å². The van der Waals surface area contributed by atoms with Gasteiger partial charge in [-0.1, -0.05) is 26.8 Å². The van der Waals surface area contributed by atoms with Gasteiger partial charge in [-0.25, -0.2) is 0 Å². The summed E-state index contributed by atoms with van der Waals surface area (Å²) in [5.41, 5.74) is 0.945. The van der Waals surface area contributed by atoms with Crippen LogP contribution in [0.3, 0.4) is 0 Å². The molecule has 1 atom stereocenters. The van der Waals surface area contributed by atoms with E-state index >= 15 is 0 Å². The van der Waals surface area contributed by atoms with E-state index in [1.807, 2.05) is 23.9 Å². The van der Waals surface area contributed by atoms with Crippen LogP contribution in [0.4, 0.5) is 0 Å². The zero-order valence-electron chi connectivity index (χ0n) is 9.54. The van der Waals surface area contributed by atoms with Gasteiger partial charge in [-0.3, -0.25) is 0 Å². The van der Waals surface area contributed by atoms with Gasteiger partial charge in [0.15, 0.2) is 0 Å². The summed E-state index contributed by atoms with van der Waals surface area (Å²) < 4.78 is 1.26. The summed E-state index contributed by atoms with van der Waals surface area (Å²) in [6.07, 6.45) is -0.407. The van der Waals surface area contributed by atoms with Crippen molar-refractivity contribution in [3.05, 3.63) is 28.2 Å². The number of halogens is 1. The molecule has 0 spiro atoms. The van der Waals surface area contributed by atoms with Crippen molar-refractivity contribution in [3.8, 4) is 0 Å². The van der Waals surface area contributed by atoms with Crippen molar-refractivity contribution in [2.45, 2.75) is 43.4 Å². The van der Waals surface area contributed by atoms with E-state index in [2.05, 4.69) is 42.8 Å². The van der Waals surface area contributed by atoms with Crippen molar-refractivity contribution < 1.29 is 5.11 Å². The highest BCUT2D eigenvalue weighted by Gasteiger charge is 2.14. The van der Waals surface area contributed by atoms with E-state index in [0.29, 0.717) is 0 Å². The fourth-order valence-electron chi connectivity index (χ4n) is 1.19. The number of aliphatic hydroxyl groups excluding tert-OH is 1. The second-order valence-corrected chi connectivity index (χ2v) is 7.30. The molecule has 0 radical (unpaired) electrons. The topological polar surface area (TPSA) is 20.2 Å². The lowest BCUT2D eigenvalue weighted by Gasteiger charge is -2.19. The normalized spacial score (nSPS) is 14.0. The van der Waals surface area contributed by atoms with Crippen LogP contribution in [0.15, 0.2) is 27.6 Å². The Bertz CT molecular complexity index is 342. The standard InChI is InChI=1S/C12H17BrOS/c1-8(14)9-5-6-11(10(13)7-9)15-12(2,3)4/h5-8,14H,1-4H3/t8-/m1/s1. The number of aliphatic hydroxyl groups is 1. The lowest BCUT2D eigenvalue weighted by molar-refractivity contribution is 0.199. The number of benzene rings is 1. The predicted molar refractivity (Wildman–Crippen MR) is 70.4 cm³/mol. The van der Waals surface area contributed by atoms with Gasteiger partial charge in [-0.15, -0.1) is 11.8 Å². The third-order valence-corrected chi connectivity index (χ3v) is 3.96. The monoisotopic (exact) mass is 288 g/mol. The SMILES string of the molecule is C[C@@H](O)c1ccc(SC(C)(C)C)c(Br)c1. The van der Waals surface area contributed by atoms with Crippen LogP contribution < -0.4 is 0 Å². The average Bonchev–Trinajstić information content (AvgIpc) is 2.05. The quantitative estimate of drug-likeness (QED) is 0.815. The smallest absolute Gasteiger partial charge is 0.0762 e. The predicted octanol–water partition coefficient (Wildman–Crippen LogP) is 4.39. The molecule has 0 saturated heterocycles. The minimum Gasteiger partial charge on any atom is -0.389 e. The zero-order chi connectivity index (χ0) is 11.6. The van der Waals surface area contributed by atoms with Crippen molar-refractivity contribution in [3.63, 3.8) is 0 Å². The van der Waals surface area contributed by atoms with E-state index in [4.69, 9.17) is 0 Å². The van der Waals surface area contributed by atoms with Gasteiger partial charge in [-0.2, -0.15) is 0 Å². The Kier molecular flexibility index (Phi) is 4.27. The Morgan fingerprint density at radius 2 is 1.93 bits per heavy atom. The number of rotatable bonds is 2. The van der Waals surface area contributed by atoms with Gasteiger partial charge in [0.1, 0.15) is 0 Å². The highest BCUT2D eigenvalue weighted by Crippen LogP contribution is 2.37. The Hall–Kier alpha value is 0.01000. The third kappa shape index (κ3) is 4.17. The highest BCUT2D eigenvalue weighted by atomic mass is 79.9. The summed E-state index contributed by atoms with van der Waals surface area (Å²) >= 11 is 5.36. The van der Waals surface area contributed by atoms with E-state index in [0.717, 1.165) is 10.0 Å². The zero-order valence-corrected chi connectivity index (χ0v) is 11.9. The average molecular weight is 289 g/mol. The number of thioether (sulfide) groups is 1. The lowest BCUT2D eigenvalue weighted by Crippen LogP contribution is -2.06. The van der Waals surface area contributed by atoms with Crippen LogP contribution in [-0.4, -0.2) is 9.85 Å². The molecule has 1 rings (SSSR count). The van der Waals surface area contributed by atoms with E-state index in [1.54, 1.807) is 6.92 Å². The summed E-state index contributed by atoms with van der Waals surface area (Å²) in [5, 5.41) is 9.44. The van der Waals surface area contributed by atoms with Crippen molar-refractivity contribution in [2.24, 2.45) is 0 Å². The first-order chi connectivity index (χ1) is 6.79. The molecule has 0 aromatic heterocycles. The molecular formula is C12H17BrOS. The molecule has 0 heterocycles. The van der Waals surface area contributed by atoms with Crippen LogP contribution in [0.2, 0.25) is 0 Å². The first-order valence-electron chi connectivity index (χ1n) is 4.96. The summed E-state index contributed by atoms with van der Waals surface area (Å²) in [6, 6.07) is 6.02. The summed E-state index contributed by atoms with van der Waals surface area (Å²) in [6.45, 7) is 8.34. The Balaban J connectivity index is 2.94. The van der Waals surface area contributed by atoms with E-state index in [-0.39, 0.29) is 4.75 Å². The van der Waals surface area contributed by atoms with Gasteiger partial charge in [0.2, 0.25) is 0 Å². The van der Waals surface area contributed by atoms with Crippen molar-refractivity contribution in [2.75, 3.05) is 0 Å². The summed E-state index contributed by atoms with van der Waals surface area (Å²) in [4.78, 5) is 1.21. The van der Waals surface area contributed by atoms with Crippen molar-refractivity contribution >= 4 is 27.7 Å². The molecule has 0 saturated carbocycles. The number of hydrogen-bond donors (Lipinski definition) is 1. The van der Waals surface area contributed by atoms with Gasteiger partial charge in [-0.05, 0) is 40.5 Å². The largest absolute Gasteiger partial charge is 0.389 e. The second kappa shape index (κ2) is 4.89. The van der Waals surface area contributed by atoms with Crippen LogP contribution >= 0.6 is 27.7 Å². The molecule has 1 aromatic rings. The molecule has 0 aliphatic rings. The fraction of sp³-hybridized carbons (Fsp3) is 0.500. The molecule has 84 valence electrons. The minimum atomic E-state index is -0.407. The Labute approximate surface area is 104 Å². The van der Waals surface area contributed by atoms with E-state index < -0.39 is 6.10 Å². The Morgan fingerprint density at radius 3 is 2.33 bits per heavy atom. The van der Waals surface area contributed by atoms with Crippen molar-refractivity contribution in [1.82, 2.24) is 0 Å². The molecule has 0 bridgehead atoms. The molecule has 1 aromatic carbocycles. The van der Waals surface area contributed by atoms with Crippen molar-refractivity contribution in [1.29, 1.82) is 0 Å². The molecule has 0 aliphatic carbocycles. The maximum Gasteiger partial charge on any atom is 0.0762 e. The molecule has 3 heteroatoms. The molecule has 15 heavy (non-hydrogen) atoms. The van der Waals surface area contributed by atoms with Crippen LogP contribution in [0, 0.1) is 0 Å². The molecular weight excluding hydrogens is 272 g/mol. The van der Waals surface area contributed by atoms with Gasteiger partial charge in [0.25, 0.3) is 0 Å². The van der Waals surface area contributed by atoms with Crippen LogP contribution in [0.25, 0.3) is 0 Å². The second-order valence-electron chi connectivity index (χ2n) is 4.58. The van der Waals surface area contributed by atoms with Crippen LogP contribution in [-0.2, 0) is 0 Å². The van der Waals surface area contributed by atoms with Gasteiger partial charge in [0, 0.05) is 14.1 Å². The summed E-state index contributed by atoms with van der Waals surface area (Å²) in [7, 11) is 0. The maximum absolute atomic E-state index is 9.44. The molecule has 0 aliphatic heterocycles. The molecule has 1 N–H and O–H groups in total. The molecule has 0 unspecified atom stereocenters. The van der Waals surface area contributed by atoms with Crippen LogP contribution in [0.5, 0.6) is 0 Å². The van der Waals surface area contributed by atoms with Gasteiger partial charge >= 0.3 is 0 Å². The van der Waals surface area contributed by atoms with Gasteiger partial charge < -0.3 is 5.11 Å². The first-order valence-corrected chi connectivity index (χ1v) is 6.57. The highest BCUT2D eigenvalue weighted by molar-refractivity contribution is 9.10.